The lowest BCUT2D eigenvalue weighted by molar-refractivity contribution is 0.0883. The van der Waals surface area contributed by atoms with E-state index in [9.17, 15) is 9.59 Å². The summed E-state index contributed by atoms with van der Waals surface area (Å²) in [6, 6.07) is 18.4. The van der Waals surface area contributed by atoms with E-state index in [0.29, 0.717) is 44.8 Å². The fraction of sp³-hybridized carbons (Fsp3) is 0.310. The molecular formula is C29H32Cl2N2O4. The lowest BCUT2D eigenvalue weighted by atomic mass is 10.1. The van der Waals surface area contributed by atoms with Gasteiger partial charge in [-0.1, -0.05) is 61.9 Å². The highest BCUT2D eigenvalue weighted by Gasteiger charge is 2.21. The molecular weight excluding hydrogens is 511 g/mol. The van der Waals surface area contributed by atoms with Crippen LogP contribution in [0.2, 0.25) is 10.0 Å². The molecule has 0 aromatic heterocycles. The molecule has 0 saturated heterocycles. The molecule has 0 aliphatic rings. The summed E-state index contributed by atoms with van der Waals surface area (Å²) in [5.74, 6) is 0.380. The molecule has 3 rings (SSSR count). The number of carbonyl (C=O) groups excluding carboxylic acids is 2. The maximum Gasteiger partial charge on any atom is 0.253 e. The Morgan fingerprint density at radius 1 is 0.757 bits per heavy atom. The molecule has 196 valence electrons. The number of ether oxygens (including phenoxy) is 2. The van der Waals surface area contributed by atoms with E-state index < -0.39 is 6.17 Å². The van der Waals surface area contributed by atoms with Crippen molar-refractivity contribution in [3.05, 3.63) is 93.5 Å². The minimum atomic E-state index is -0.843. The van der Waals surface area contributed by atoms with Gasteiger partial charge in [0, 0.05) is 21.2 Å². The molecule has 3 aromatic rings. The van der Waals surface area contributed by atoms with Crippen molar-refractivity contribution >= 4 is 35.0 Å². The van der Waals surface area contributed by atoms with Crippen LogP contribution in [0.15, 0.2) is 66.7 Å². The summed E-state index contributed by atoms with van der Waals surface area (Å²) in [6.45, 7) is 2.73. The van der Waals surface area contributed by atoms with Crippen molar-refractivity contribution in [3.63, 3.8) is 0 Å². The van der Waals surface area contributed by atoms with Crippen molar-refractivity contribution in [1.29, 1.82) is 0 Å². The molecule has 0 aliphatic heterocycles. The second kappa shape index (κ2) is 14.5. The Hall–Kier alpha value is -3.22. The monoisotopic (exact) mass is 542 g/mol. The third-order valence-corrected chi connectivity index (χ3v) is 6.29. The van der Waals surface area contributed by atoms with Gasteiger partial charge in [0.2, 0.25) is 0 Å². The summed E-state index contributed by atoms with van der Waals surface area (Å²) < 4.78 is 11.5. The van der Waals surface area contributed by atoms with Crippen LogP contribution in [0.5, 0.6) is 11.5 Å². The number of methoxy groups -OCH3 is 1. The highest BCUT2D eigenvalue weighted by atomic mass is 35.5. The molecule has 0 bridgehead atoms. The predicted octanol–water partition coefficient (Wildman–Crippen LogP) is 7.21. The van der Waals surface area contributed by atoms with E-state index in [0.717, 1.165) is 12.8 Å². The normalized spacial score (nSPS) is 10.7. The quantitative estimate of drug-likeness (QED) is 0.176. The van der Waals surface area contributed by atoms with Gasteiger partial charge in [0.25, 0.3) is 11.8 Å². The molecule has 0 fully saturated rings. The molecule has 0 atom stereocenters. The van der Waals surface area contributed by atoms with Crippen LogP contribution in [0, 0.1) is 0 Å². The number of carbonyl (C=O) groups is 2. The van der Waals surface area contributed by atoms with Crippen molar-refractivity contribution < 1.29 is 19.1 Å². The average molecular weight is 543 g/mol. The summed E-state index contributed by atoms with van der Waals surface area (Å²) in [5.41, 5.74) is 1.45. The minimum Gasteiger partial charge on any atom is -0.493 e. The maximum absolute atomic E-state index is 13.0. The number of hydrogen-bond acceptors (Lipinski definition) is 4. The molecule has 3 aromatic carbocycles. The highest BCUT2D eigenvalue weighted by Crippen LogP contribution is 2.30. The Morgan fingerprint density at radius 3 is 1.81 bits per heavy atom. The molecule has 8 heteroatoms. The lowest BCUT2D eigenvalue weighted by Crippen LogP contribution is -2.41. The number of nitrogens with one attached hydrogen (secondary N) is 2. The van der Waals surface area contributed by atoms with Gasteiger partial charge in [-0.25, -0.2) is 0 Å². The van der Waals surface area contributed by atoms with E-state index >= 15 is 0 Å². The molecule has 0 heterocycles. The zero-order valence-electron chi connectivity index (χ0n) is 21.1. The SMILES string of the molecule is CCCCCCCOc1cc(C(NC(=O)c2ccc(Cl)cc2)NC(=O)c2ccc(Cl)cc2)ccc1OC. The first kappa shape index (κ1) is 28.4. The van der Waals surface area contributed by atoms with Gasteiger partial charge in [-0.3, -0.25) is 9.59 Å². The number of hydrogen-bond donors (Lipinski definition) is 2. The van der Waals surface area contributed by atoms with Gasteiger partial charge in [-0.15, -0.1) is 0 Å². The van der Waals surface area contributed by atoms with Crippen LogP contribution in [-0.4, -0.2) is 25.5 Å². The van der Waals surface area contributed by atoms with E-state index in [1.54, 1.807) is 73.8 Å². The summed E-state index contributed by atoms with van der Waals surface area (Å²) in [4.78, 5) is 26.1. The number of rotatable bonds is 13. The van der Waals surface area contributed by atoms with Gasteiger partial charge >= 0.3 is 0 Å². The van der Waals surface area contributed by atoms with E-state index in [4.69, 9.17) is 32.7 Å². The smallest absolute Gasteiger partial charge is 0.253 e. The average Bonchev–Trinajstić information content (AvgIpc) is 2.90. The van der Waals surface area contributed by atoms with Crippen LogP contribution in [0.25, 0.3) is 0 Å². The first-order valence-electron chi connectivity index (χ1n) is 12.3. The summed E-state index contributed by atoms with van der Waals surface area (Å²) in [6.07, 6.45) is 4.74. The second-order valence-corrected chi connectivity index (χ2v) is 9.44. The van der Waals surface area contributed by atoms with Crippen molar-refractivity contribution in [2.45, 2.75) is 45.2 Å². The molecule has 0 aliphatic carbocycles. The molecule has 6 nitrogen and oxygen atoms in total. The van der Waals surface area contributed by atoms with Crippen LogP contribution in [0.1, 0.15) is 71.5 Å². The highest BCUT2D eigenvalue weighted by molar-refractivity contribution is 6.31. The number of unbranched alkanes of at least 4 members (excludes halogenated alkanes) is 4. The molecule has 0 radical (unpaired) electrons. The predicted molar refractivity (Wildman–Crippen MR) is 148 cm³/mol. The molecule has 0 saturated carbocycles. The van der Waals surface area contributed by atoms with Gasteiger partial charge in [0.1, 0.15) is 6.17 Å². The topological polar surface area (TPSA) is 76.7 Å². The molecule has 2 N–H and O–H groups in total. The van der Waals surface area contributed by atoms with Gasteiger partial charge in [-0.05, 0) is 72.6 Å². The molecule has 0 spiro atoms. The first-order valence-corrected chi connectivity index (χ1v) is 13.1. The fourth-order valence-corrected chi connectivity index (χ4v) is 3.96. The van der Waals surface area contributed by atoms with E-state index in [1.165, 1.54) is 19.3 Å². The zero-order chi connectivity index (χ0) is 26.6. The summed E-state index contributed by atoms with van der Waals surface area (Å²) in [7, 11) is 1.57. The van der Waals surface area contributed by atoms with Crippen LogP contribution in [0.3, 0.4) is 0 Å². The van der Waals surface area contributed by atoms with Gasteiger partial charge in [-0.2, -0.15) is 0 Å². The van der Waals surface area contributed by atoms with Crippen molar-refractivity contribution in [2.75, 3.05) is 13.7 Å². The van der Waals surface area contributed by atoms with Crippen LogP contribution >= 0.6 is 23.2 Å². The minimum absolute atomic E-state index is 0.368. The van der Waals surface area contributed by atoms with Gasteiger partial charge < -0.3 is 20.1 Å². The second-order valence-electron chi connectivity index (χ2n) is 8.57. The Morgan fingerprint density at radius 2 is 1.30 bits per heavy atom. The van der Waals surface area contributed by atoms with E-state index in [1.807, 2.05) is 0 Å². The van der Waals surface area contributed by atoms with E-state index in [2.05, 4.69) is 17.6 Å². The first-order chi connectivity index (χ1) is 17.9. The Labute approximate surface area is 228 Å². The molecule has 37 heavy (non-hydrogen) atoms. The Balaban J connectivity index is 1.83. The standard InChI is InChI=1S/C29H32Cl2N2O4/c1-3-4-5-6-7-18-37-26-19-22(12-17-25(26)36-2)27(32-28(34)20-8-13-23(30)14-9-20)33-29(35)21-10-15-24(31)16-11-21/h8-17,19,27H,3-7,18H2,1-2H3,(H,32,34)(H,33,35). The third-order valence-electron chi connectivity index (χ3n) is 5.79. The van der Waals surface area contributed by atoms with Gasteiger partial charge in [0.05, 0.1) is 13.7 Å². The van der Waals surface area contributed by atoms with Crippen molar-refractivity contribution in [1.82, 2.24) is 10.6 Å². The number of amides is 2. The number of benzene rings is 3. The van der Waals surface area contributed by atoms with Crippen LogP contribution in [0.4, 0.5) is 0 Å². The lowest BCUT2D eigenvalue weighted by Gasteiger charge is -2.22. The number of halogens is 2. The zero-order valence-corrected chi connectivity index (χ0v) is 22.6. The molecule has 0 unspecified atom stereocenters. The van der Waals surface area contributed by atoms with Crippen LogP contribution in [-0.2, 0) is 0 Å². The largest absolute Gasteiger partial charge is 0.493 e. The van der Waals surface area contributed by atoms with E-state index in [-0.39, 0.29) is 11.8 Å². The maximum atomic E-state index is 13.0. The Bertz CT molecular complexity index is 1110. The summed E-state index contributed by atoms with van der Waals surface area (Å²) >= 11 is 11.9. The third kappa shape index (κ3) is 8.69. The van der Waals surface area contributed by atoms with Crippen LogP contribution < -0.4 is 20.1 Å². The van der Waals surface area contributed by atoms with Crippen molar-refractivity contribution in [2.24, 2.45) is 0 Å². The fourth-order valence-electron chi connectivity index (χ4n) is 3.71. The van der Waals surface area contributed by atoms with Gasteiger partial charge in [0.15, 0.2) is 11.5 Å². The summed E-state index contributed by atoms with van der Waals surface area (Å²) in [5, 5.41) is 6.85. The van der Waals surface area contributed by atoms with Crippen molar-refractivity contribution in [3.8, 4) is 11.5 Å². The molecule has 2 amide bonds. The Kier molecular flexibility index (Phi) is 11.1.